The highest BCUT2D eigenvalue weighted by atomic mass is 31.5. The maximum atomic E-state index is 11.5. The topological polar surface area (TPSA) is 186 Å². The molecule has 0 heterocycles. The Balaban J connectivity index is 5.71. The molecule has 5 N–H and O–H groups in total. The second-order valence-electron chi connectivity index (χ2n) is 2.83. The van der Waals surface area contributed by atoms with E-state index in [4.69, 9.17) is 20.4 Å². The third-order valence-corrected chi connectivity index (χ3v) is 17.5. The van der Waals surface area contributed by atoms with E-state index in [1.807, 2.05) is 0 Å². The van der Waals surface area contributed by atoms with Crippen LogP contribution in [-0.4, -0.2) is 72.0 Å². The van der Waals surface area contributed by atoms with Gasteiger partial charge in [-0.15, -0.1) is 0 Å². The molecule has 0 aliphatic carbocycles. The van der Waals surface area contributed by atoms with Crippen molar-refractivity contribution in [2.45, 2.75) is 0 Å². The van der Waals surface area contributed by atoms with Crippen LogP contribution in [0.15, 0.2) is 0 Å². The molecule has 0 amide bonds. The molecule has 0 bridgehead atoms. The molecule has 0 fully saturated rings. The molecule has 0 atom stereocenters. The van der Waals surface area contributed by atoms with Crippen LogP contribution in [0.5, 0.6) is 0 Å². The zero-order chi connectivity index (χ0) is 14.0. The fourth-order valence-corrected chi connectivity index (χ4v) is 14.9. The molecule has 0 aromatic rings. The fourth-order valence-electron chi connectivity index (χ4n) is 0.993. The Morgan fingerprint density at radius 2 is 0.882 bits per heavy atom. The van der Waals surface area contributed by atoms with Crippen LogP contribution in [0.3, 0.4) is 0 Å². The van der Waals surface area contributed by atoms with Gasteiger partial charge in [0.05, 0.1) is 0 Å². The quantitative estimate of drug-likeness (QED) is 0.336. The standard InChI is InChI=1S/4CHO2.2Al.HO2P/c4*2-1-3;;;1-3-2/h4*(H,2,3);;;(H,1,2). The van der Waals surface area contributed by atoms with Gasteiger partial charge in [0.15, 0.2) is 0 Å². The van der Waals surface area contributed by atoms with E-state index in [2.05, 4.69) is 0 Å². The van der Waals surface area contributed by atoms with Gasteiger partial charge in [0.2, 0.25) is 19.3 Å². The van der Waals surface area contributed by atoms with Crippen LogP contribution in [0.4, 0.5) is 19.2 Å². The predicted octanol–water partition coefficient (Wildman–Crippen LogP) is 0.279. The van der Waals surface area contributed by atoms with Crippen molar-refractivity contribution in [3.63, 3.8) is 0 Å². The van der Waals surface area contributed by atoms with Crippen molar-refractivity contribution in [3.05, 3.63) is 0 Å². The van der Waals surface area contributed by atoms with E-state index < -0.39 is 51.4 Å². The van der Waals surface area contributed by atoms with Gasteiger partial charge in [-0.25, -0.2) is 0 Å². The molecular weight excluding hydrogens is 293 g/mol. The average molecular weight is 298 g/mol. The zero-order valence-electron chi connectivity index (χ0n) is 7.88. The highest BCUT2D eigenvalue weighted by molar-refractivity contribution is 8.23. The van der Waals surface area contributed by atoms with E-state index in [0.29, 0.717) is 0 Å². The van der Waals surface area contributed by atoms with Crippen molar-refractivity contribution < 1.29 is 49.1 Å². The fraction of sp³-hybridized carbons (Fsp3) is 0. The maximum Gasteiger partial charge on any atom is 0.687 e. The van der Waals surface area contributed by atoms with Crippen LogP contribution in [-0.2, 0) is 4.57 Å². The van der Waals surface area contributed by atoms with Gasteiger partial charge in [0, 0.05) is 0 Å². The summed E-state index contributed by atoms with van der Waals surface area (Å²) in [5, 5.41) is 33.9. The molecule has 0 rings (SSSR count). The van der Waals surface area contributed by atoms with E-state index in [-0.39, 0.29) is 0 Å². The van der Waals surface area contributed by atoms with Gasteiger partial charge in [-0.1, -0.05) is 0 Å². The summed E-state index contributed by atoms with van der Waals surface area (Å²) >= 11 is -9.03. The predicted molar refractivity (Wildman–Crippen MR) is 53.4 cm³/mol. The van der Waals surface area contributed by atoms with Gasteiger partial charge in [-0.2, -0.15) is 0 Å². The summed E-state index contributed by atoms with van der Waals surface area (Å²) in [7, 11) is 0. The zero-order valence-corrected chi connectivity index (χ0v) is 11.1. The van der Waals surface area contributed by atoms with Crippen molar-refractivity contribution in [3.8, 4) is 0 Å². The minimum Gasteiger partial charge on any atom is -0.495 e. The molecule has 0 radical (unpaired) electrons. The first-order valence-corrected chi connectivity index (χ1v) is 11.0. The summed E-state index contributed by atoms with van der Waals surface area (Å²) in [6, 6.07) is 0. The van der Waals surface area contributed by atoms with Crippen LogP contribution >= 0.6 is 4.66 Å². The first-order valence-electron chi connectivity index (χ1n) is 3.76. The molecular formula is C4H5Al2O10P. The van der Waals surface area contributed by atoms with Gasteiger partial charge in [-0.3, -0.25) is 19.2 Å². The van der Waals surface area contributed by atoms with Crippen molar-refractivity contribution in [2.24, 2.45) is 0 Å². The van der Waals surface area contributed by atoms with Crippen LogP contribution in [0.1, 0.15) is 0 Å². The molecule has 0 aromatic carbocycles. The Kier molecular flexibility index (Phi) is 5.36. The molecule has 92 valence electrons. The van der Waals surface area contributed by atoms with Crippen LogP contribution in [0.2, 0.25) is 0 Å². The molecule has 0 saturated heterocycles. The maximum absolute atomic E-state index is 11.5. The SMILES string of the molecule is O=[C](O)[Al]([C](=O)O)[P](=O)(O)[Al]([C](=O)O)[C](=O)O. The van der Waals surface area contributed by atoms with Gasteiger partial charge in [-0.05, 0) is 0 Å². The molecule has 13 heteroatoms. The van der Waals surface area contributed by atoms with Gasteiger partial charge >= 0.3 is 27.4 Å². The van der Waals surface area contributed by atoms with E-state index in [9.17, 15) is 28.6 Å². The number of hydrogen-bond donors (Lipinski definition) is 5. The molecule has 0 aromatic heterocycles. The lowest BCUT2D eigenvalue weighted by atomic mass is 11.5. The lowest BCUT2D eigenvalue weighted by Gasteiger charge is -2.12. The number of carbonyl (C=O) groups is 4. The third-order valence-electron chi connectivity index (χ3n) is 1.68. The van der Waals surface area contributed by atoms with E-state index in [1.165, 1.54) is 0 Å². The third kappa shape index (κ3) is 3.55. The van der Waals surface area contributed by atoms with Crippen molar-refractivity contribution in [1.29, 1.82) is 0 Å². The summed E-state index contributed by atoms with van der Waals surface area (Å²) in [4.78, 5) is 42.9. The molecule has 17 heavy (non-hydrogen) atoms. The van der Waals surface area contributed by atoms with E-state index >= 15 is 0 Å². The highest BCUT2D eigenvalue weighted by Crippen LogP contribution is 2.47. The Morgan fingerprint density at radius 1 is 0.706 bits per heavy atom. The molecule has 0 spiro atoms. The first-order chi connectivity index (χ1) is 7.53. The summed E-state index contributed by atoms with van der Waals surface area (Å²) < 4.78 is 6.28. The number of hydrogen-bond acceptors (Lipinski definition) is 5. The molecule has 0 aliphatic heterocycles. The second kappa shape index (κ2) is 5.65. The smallest absolute Gasteiger partial charge is 0.495 e. The Hall–Kier alpha value is -0.865. The van der Waals surface area contributed by atoms with E-state index in [1.54, 1.807) is 0 Å². The lowest BCUT2D eigenvalue weighted by Crippen LogP contribution is -2.44. The van der Waals surface area contributed by atoms with Crippen LogP contribution < -0.4 is 0 Å². The van der Waals surface area contributed by atoms with Crippen LogP contribution in [0.25, 0.3) is 0 Å². The molecule has 10 nitrogen and oxygen atoms in total. The van der Waals surface area contributed by atoms with Gasteiger partial charge in [0.25, 0.3) is 0 Å². The monoisotopic (exact) mass is 298 g/mol. The molecule has 0 unspecified atom stereocenters. The number of carboxylic acid groups (broad SMARTS) is 4. The van der Waals surface area contributed by atoms with Gasteiger partial charge in [0.1, 0.15) is 4.66 Å². The lowest BCUT2D eigenvalue weighted by molar-refractivity contribution is 0.210. The highest BCUT2D eigenvalue weighted by Gasteiger charge is 2.68. The molecule has 0 saturated carbocycles. The summed E-state index contributed by atoms with van der Waals surface area (Å²) in [6.45, 7) is 0. The van der Waals surface area contributed by atoms with Crippen LogP contribution in [0, 0.1) is 0 Å². The summed E-state index contributed by atoms with van der Waals surface area (Å²) in [6.07, 6.45) is 0. The van der Waals surface area contributed by atoms with Crippen molar-refractivity contribution in [1.82, 2.24) is 0 Å². The Labute approximate surface area is 101 Å². The van der Waals surface area contributed by atoms with Crippen molar-refractivity contribution in [2.75, 3.05) is 0 Å². The second-order valence-corrected chi connectivity index (χ2v) is 17.1. The first kappa shape index (κ1) is 16.1. The minimum atomic E-state index is -5.26. The average Bonchev–Trinajstić information content (AvgIpc) is 1.96. The van der Waals surface area contributed by atoms with Gasteiger partial charge < -0.3 is 29.9 Å². The largest absolute Gasteiger partial charge is 0.687 e. The Morgan fingerprint density at radius 3 is 1.00 bits per heavy atom. The summed E-state index contributed by atoms with van der Waals surface area (Å²) in [5.74, 6) is 0. The normalized spacial score (nSPS) is 10.4. The minimum absolute atomic E-state index is 2.12. The number of rotatable bonds is 6. The van der Waals surface area contributed by atoms with E-state index in [0.717, 1.165) is 0 Å². The Bertz CT molecular complexity index is 366. The molecule has 0 aliphatic rings. The van der Waals surface area contributed by atoms with Crippen molar-refractivity contribution >= 4 is 51.4 Å². The summed E-state index contributed by atoms with van der Waals surface area (Å²) in [5.41, 5.74) is 0.